The van der Waals surface area contributed by atoms with Crippen LogP contribution >= 0.6 is 0 Å². The quantitative estimate of drug-likeness (QED) is 0.293. The summed E-state index contributed by atoms with van der Waals surface area (Å²) in [4.78, 5) is 15.8. The fourth-order valence-electron chi connectivity index (χ4n) is 5.07. The highest BCUT2D eigenvalue weighted by atomic mass is 16.5. The molecule has 1 aliphatic heterocycles. The topological polar surface area (TPSA) is 72.5 Å². The van der Waals surface area contributed by atoms with Gasteiger partial charge in [0.05, 0.1) is 0 Å². The second-order valence-electron chi connectivity index (χ2n) is 10.3. The van der Waals surface area contributed by atoms with Crippen molar-refractivity contribution in [2.45, 2.75) is 33.2 Å². The number of carbonyl (C=O) groups is 1. The Labute approximate surface area is 225 Å². The van der Waals surface area contributed by atoms with Crippen LogP contribution in [0.2, 0.25) is 0 Å². The molecule has 4 aromatic rings. The molecule has 1 atom stereocenters. The van der Waals surface area contributed by atoms with E-state index < -0.39 is 0 Å². The fourth-order valence-corrected chi connectivity index (χ4v) is 5.07. The van der Waals surface area contributed by atoms with Crippen molar-refractivity contribution in [3.05, 3.63) is 107 Å². The summed E-state index contributed by atoms with van der Waals surface area (Å²) < 4.78 is 8.16. The van der Waals surface area contributed by atoms with E-state index in [0.717, 1.165) is 48.9 Å². The number of ether oxygens (including phenoxy) is 1. The van der Waals surface area contributed by atoms with Gasteiger partial charge in [0.25, 0.3) is 5.91 Å². The molecule has 3 N–H and O–H groups in total. The number of para-hydroxylation sites is 1. The summed E-state index contributed by atoms with van der Waals surface area (Å²) in [5.41, 5.74) is 11.6. The van der Waals surface area contributed by atoms with Gasteiger partial charge in [-0.15, -0.1) is 0 Å². The summed E-state index contributed by atoms with van der Waals surface area (Å²) in [5.74, 6) is 1.78. The maximum Gasteiger partial charge on any atom is 0.255 e. The summed E-state index contributed by atoms with van der Waals surface area (Å²) in [5, 5.41) is 3.14. The average Bonchev–Trinajstić information content (AvgIpc) is 3.37. The van der Waals surface area contributed by atoms with Gasteiger partial charge in [0.15, 0.2) is 0 Å². The molecular weight excluding hydrogens is 472 g/mol. The highest BCUT2D eigenvalue weighted by Gasteiger charge is 2.19. The molecule has 0 radical (unpaired) electrons. The van der Waals surface area contributed by atoms with Crippen molar-refractivity contribution in [3.8, 4) is 17.2 Å². The molecule has 3 aromatic carbocycles. The predicted molar refractivity (Wildman–Crippen MR) is 153 cm³/mol. The van der Waals surface area contributed by atoms with Gasteiger partial charge < -0.3 is 20.4 Å². The van der Waals surface area contributed by atoms with Crippen LogP contribution in [0.15, 0.2) is 85.2 Å². The number of piperidine rings is 1. The maximum atomic E-state index is 13.4. The zero-order chi connectivity index (χ0) is 26.5. The van der Waals surface area contributed by atoms with Crippen LogP contribution in [0.5, 0.6) is 11.5 Å². The Morgan fingerprint density at radius 2 is 1.89 bits per heavy atom. The molecule has 1 saturated heterocycles. The SMILES string of the molecule is Cc1ccn(-c2cc(CN3CCC[C@H](CN)C3)cc(NC(=O)c3ccc(C)c(Oc4ccccc4)c3)c2)c1. The number of amides is 1. The second-order valence-corrected chi connectivity index (χ2v) is 10.3. The fraction of sp³-hybridized carbons (Fsp3) is 0.281. The first-order valence-electron chi connectivity index (χ1n) is 13.3. The van der Waals surface area contributed by atoms with E-state index >= 15 is 0 Å². The summed E-state index contributed by atoms with van der Waals surface area (Å²) in [7, 11) is 0. The van der Waals surface area contributed by atoms with Crippen molar-refractivity contribution in [1.29, 1.82) is 0 Å². The lowest BCUT2D eigenvalue weighted by atomic mass is 9.98. The molecule has 0 bridgehead atoms. The first-order chi connectivity index (χ1) is 18.5. The van der Waals surface area contributed by atoms with Gasteiger partial charge in [0.2, 0.25) is 0 Å². The number of nitrogens with two attached hydrogens (primary N) is 1. The van der Waals surface area contributed by atoms with Gasteiger partial charge in [0.1, 0.15) is 11.5 Å². The number of nitrogens with one attached hydrogen (secondary N) is 1. The molecule has 6 heteroatoms. The number of nitrogens with zero attached hydrogens (tertiary/aromatic N) is 2. The minimum absolute atomic E-state index is 0.170. The zero-order valence-electron chi connectivity index (χ0n) is 22.2. The van der Waals surface area contributed by atoms with Crippen molar-refractivity contribution < 1.29 is 9.53 Å². The number of hydrogen-bond acceptors (Lipinski definition) is 4. The number of aromatic nitrogens is 1. The monoisotopic (exact) mass is 508 g/mol. The third kappa shape index (κ3) is 6.33. The number of benzene rings is 3. The van der Waals surface area contributed by atoms with E-state index in [-0.39, 0.29) is 5.91 Å². The lowest BCUT2D eigenvalue weighted by molar-refractivity contribution is 0.102. The molecule has 2 heterocycles. The lowest BCUT2D eigenvalue weighted by Gasteiger charge is -2.32. The largest absolute Gasteiger partial charge is 0.457 e. The highest BCUT2D eigenvalue weighted by molar-refractivity contribution is 6.04. The molecule has 1 fully saturated rings. The van der Waals surface area contributed by atoms with Gasteiger partial charge in [-0.3, -0.25) is 9.69 Å². The summed E-state index contributed by atoms with van der Waals surface area (Å²) in [6, 6.07) is 23.6. The van der Waals surface area contributed by atoms with Gasteiger partial charge in [-0.1, -0.05) is 24.3 Å². The predicted octanol–water partition coefficient (Wildman–Crippen LogP) is 6.31. The van der Waals surface area contributed by atoms with E-state index in [1.807, 2.05) is 55.5 Å². The third-order valence-corrected chi connectivity index (χ3v) is 7.14. The minimum atomic E-state index is -0.170. The molecule has 38 heavy (non-hydrogen) atoms. The van der Waals surface area contributed by atoms with Crippen LogP contribution < -0.4 is 15.8 Å². The highest BCUT2D eigenvalue weighted by Crippen LogP contribution is 2.27. The van der Waals surface area contributed by atoms with Gasteiger partial charge >= 0.3 is 0 Å². The van der Waals surface area contributed by atoms with E-state index in [4.69, 9.17) is 10.5 Å². The molecular formula is C32H36N4O2. The Hall–Kier alpha value is -3.87. The molecule has 1 aliphatic rings. The Kier molecular flexibility index (Phi) is 7.91. The number of aryl methyl sites for hydroxylation is 2. The molecule has 5 rings (SSSR count). The van der Waals surface area contributed by atoms with E-state index in [1.165, 1.54) is 24.0 Å². The average molecular weight is 509 g/mol. The lowest BCUT2D eigenvalue weighted by Crippen LogP contribution is -2.37. The molecule has 1 aromatic heterocycles. The number of anilines is 1. The maximum absolute atomic E-state index is 13.4. The van der Waals surface area contributed by atoms with Crippen molar-refractivity contribution >= 4 is 11.6 Å². The standard InChI is InChI=1S/C32H36N4O2/c1-23-12-14-36(20-23)29-16-26(22-35-13-6-7-25(19-33)21-35)15-28(18-29)34-32(37)27-11-10-24(2)31(17-27)38-30-8-4-3-5-9-30/h3-5,8-12,14-18,20,25H,6-7,13,19,21-22,33H2,1-2H3,(H,34,37)/t25-/m1/s1. The smallest absolute Gasteiger partial charge is 0.255 e. The van der Waals surface area contributed by atoms with Crippen LogP contribution in [0, 0.1) is 19.8 Å². The molecule has 6 nitrogen and oxygen atoms in total. The van der Waals surface area contributed by atoms with Crippen molar-refractivity contribution in [3.63, 3.8) is 0 Å². The summed E-state index contributed by atoms with van der Waals surface area (Å²) >= 11 is 0. The normalized spacial score (nSPS) is 15.8. The van der Waals surface area contributed by atoms with Gasteiger partial charge in [-0.05, 0) is 111 Å². The molecule has 0 unspecified atom stereocenters. The first kappa shape index (κ1) is 25.8. The van der Waals surface area contributed by atoms with Crippen LogP contribution in [-0.4, -0.2) is 35.0 Å². The van der Waals surface area contributed by atoms with Crippen molar-refractivity contribution in [2.75, 3.05) is 25.0 Å². The van der Waals surface area contributed by atoms with Crippen LogP contribution in [0.25, 0.3) is 5.69 Å². The third-order valence-electron chi connectivity index (χ3n) is 7.14. The van der Waals surface area contributed by atoms with E-state index in [9.17, 15) is 4.79 Å². The minimum Gasteiger partial charge on any atom is -0.457 e. The number of carbonyl (C=O) groups excluding carboxylic acids is 1. The van der Waals surface area contributed by atoms with E-state index in [2.05, 4.69) is 52.3 Å². The van der Waals surface area contributed by atoms with Gasteiger partial charge in [-0.2, -0.15) is 0 Å². The van der Waals surface area contributed by atoms with Crippen LogP contribution in [-0.2, 0) is 6.54 Å². The molecule has 0 saturated carbocycles. The number of likely N-dealkylation sites (tertiary alicyclic amines) is 1. The number of rotatable bonds is 8. The summed E-state index contributed by atoms with van der Waals surface area (Å²) in [6.45, 7) is 7.69. The van der Waals surface area contributed by atoms with Crippen LogP contribution in [0.4, 0.5) is 5.69 Å². The Morgan fingerprint density at radius 1 is 1.05 bits per heavy atom. The molecule has 1 amide bonds. The molecule has 0 aliphatic carbocycles. The zero-order valence-corrected chi connectivity index (χ0v) is 22.2. The Bertz CT molecular complexity index is 1400. The Balaban J connectivity index is 1.39. The first-order valence-corrected chi connectivity index (χ1v) is 13.3. The van der Waals surface area contributed by atoms with Crippen LogP contribution in [0.1, 0.15) is 39.9 Å². The molecule has 196 valence electrons. The van der Waals surface area contributed by atoms with Crippen LogP contribution in [0.3, 0.4) is 0 Å². The number of hydrogen-bond donors (Lipinski definition) is 2. The van der Waals surface area contributed by atoms with E-state index in [1.54, 1.807) is 6.07 Å². The van der Waals surface area contributed by atoms with Crippen molar-refractivity contribution in [1.82, 2.24) is 9.47 Å². The van der Waals surface area contributed by atoms with Gasteiger partial charge in [-0.25, -0.2) is 0 Å². The van der Waals surface area contributed by atoms with E-state index in [0.29, 0.717) is 17.2 Å². The second kappa shape index (κ2) is 11.7. The Morgan fingerprint density at radius 3 is 2.66 bits per heavy atom. The summed E-state index contributed by atoms with van der Waals surface area (Å²) in [6.07, 6.45) is 6.52. The molecule has 0 spiro atoms. The van der Waals surface area contributed by atoms with Crippen molar-refractivity contribution in [2.24, 2.45) is 11.7 Å². The van der Waals surface area contributed by atoms with Gasteiger partial charge in [0, 0.05) is 42.4 Å².